The van der Waals surface area contributed by atoms with Gasteiger partial charge >= 0.3 is 6.03 Å². The molecule has 132 valence electrons. The van der Waals surface area contributed by atoms with Crippen LogP contribution in [0.5, 0.6) is 0 Å². The van der Waals surface area contributed by atoms with Crippen LogP contribution in [0.15, 0.2) is 30.3 Å². The lowest BCUT2D eigenvalue weighted by Crippen LogP contribution is -2.44. The van der Waals surface area contributed by atoms with E-state index in [-0.39, 0.29) is 29.9 Å². The Morgan fingerprint density at radius 2 is 1.88 bits per heavy atom. The molecule has 0 aromatic heterocycles. The molecule has 1 unspecified atom stereocenters. The van der Waals surface area contributed by atoms with E-state index >= 15 is 0 Å². The van der Waals surface area contributed by atoms with Crippen LogP contribution in [0.4, 0.5) is 4.79 Å². The van der Waals surface area contributed by atoms with Gasteiger partial charge < -0.3 is 9.80 Å². The van der Waals surface area contributed by atoms with E-state index in [2.05, 4.69) is 0 Å². The summed E-state index contributed by atoms with van der Waals surface area (Å²) in [6.45, 7) is 1.78. The first-order chi connectivity index (χ1) is 12.1. The fourth-order valence-corrected chi connectivity index (χ4v) is 4.21. The predicted molar refractivity (Wildman–Crippen MR) is 91.7 cm³/mol. The predicted octanol–water partition coefficient (Wildman–Crippen LogP) is 1.65. The Balaban J connectivity index is 1.34. The first kappa shape index (κ1) is 16.1. The molecule has 25 heavy (non-hydrogen) atoms. The highest BCUT2D eigenvalue weighted by Crippen LogP contribution is 2.31. The zero-order valence-electron chi connectivity index (χ0n) is 14.3. The maximum Gasteiger partial charge on any atom is 0.327 e. The summed E-state index contributed by atoms with van der Waals surface area (Å²) in [6.07, 6.45) is 3.55. The summed E-state index contributed by atoms with van der Waals surface area (Å²) >= 11 is 0. The zero-order chi connectivity index (χ0) is 17.4. The Morgan fingerprint density at radius 3 is 2.64 bits per heavy atom. The first-order valence-corrected chi connectivity index (χ1v) is 9.10. The largest absolute Gasteiger partial charge is 0.341 e. The number of nitrogens with zero attached hydrogens (tertiary/aromatic N) is 3. The summed E-state index contributed by atoms with van der Waals surface area (Å²) in [5, 5.41) is 0. The average Bonchev–Trinajstić information content (AvgIpc) is 3.33. The Bertz CT molecular complexity index is 668. The Hall–Kier alpha value is -2.37. The van der Waals surface area contributed by atoms with Crippen molar-refractivity contribution < 1.29 is 14.4 Å². The van der Waals surface area contributed by atoms with E-state index in [0.29, 0.717) is 32.5 Å². The van der Waals surface area contributed by atoms with Crippen LogP contribution < -0.4 is 0 Å². The lowest BCUT2D eigenvalue weighted by atomic mass is 10.1. The number of hydrogen-bond acceptors (Lipinski definition) is 3. The number of aryl methyl sites for hydroxylation is 1. The standard InChI is InChI=1S/C19H23N3O3/c23-17(9-8-14-5-2-1-3-6-14)20-12-10-15(13-20)22-18(24)16-7-4-11-21(16)19(22)25/h1-3,5-6,15-16H,4,7-13H2/t15?,16-/m0/s1. The maximum atomic E-state index is 12.5. The zero-order valence-corrected chi connectivity index (χ0v) is 14.3. The molecule has 0 radical (unpaired) electrons. The number of fused-ring (bicyclic) bond motifs is 1. The van der Waals surface area contributed by atoms with Gasteiger partial charge in [0.1, 0.15) is 6.04 Å². The van der Waals surface area contributed by atoms with E-state index in [1.165, 1.54) is 4.90 Å². The summed E-state index contributed by atoms with van der Waals surface area (Å²) in [6, 6.07) is 9.39. The van der Waals surface area contributed by atoms with Crippen molar-refractivity contribution in [1.29, 1.82) is 0 Å². The van der Waals surface area contributed by atoms with Gasteiger partial charge in [-0.1, -0.05) is 30.3 Å². The van der Waals surface area contributed by atoms with Gasteiger partial charge in [0, 0.05) is 26.1 Å². The molecule has 4 rings (SSSR count). The van der Waals surface area contributed by atoms with Crippen molar-refractivity contribution in [3.05, 3.63) is 35.9 Å². The molecule has 1 aromatic carbocycles. The molecule has 3 fully saturated rings. The number of benzene rings is 1. The number of carbonyl (C=O) groups is 3. The SMILES string of the molecule is O=C(CCc1ccccc1)N1CCC(N2C(=O)[C@@H]3CCCN3C2=O)C1. The van der Waals surface area contributed by atoms with Gasteiger partial charge in [0.05, 0.1) is 6.04 Å². The van der Waals surface area contributed by atoms with Crippen molar-refractivity contribution >= 4 is 17.8 Å². The second kappa shape index (κ2) is 6.50. The molecule has 2 atom stereocenters. The average molecular weight is 341 g/mol. The fraction of sp³-hybridized carbons (Fsp3) is 0.526. The lowest BCUT2D eigenvalue weighted by molar-refractivity contribution is -0.132. The minimum absolute atomic E-state index is 0.0638. The molecule has 4 amide bonds. The van der Waals surface area contributed by atoms with Crippen LogP contribution in [0.1, 0.15) is 31.2 Å². The van der Waals surface area contributed by atoms with Crippen molar-refractivity contribution in [3.8, 4) is 0 Å². The fourth-order valence-electron chi connectivity index (χ4n) is 4.21. The minimum atomic E-state index is -0.254. The minimum Gasteiger partial charge on any atom is -0.341 e. The third kappa shape index (κ3) is 2.90. The Morgan fingerprint density at radius 1 is 1.08 bits per heavy atom. The Labute approximate surface area is 147 Å². The third-order valence-corrected chi connectivity index (χ3v) is 5.58. The van der Waals surface area contributed by atoms with Gasteiger partial charge in [-0.2, -0.15) is 0 Å². The van der Waals surface area contributed by atoms with Gasteiger partial charge in [-0.3, -0.25) is 14.5 Å². The molecule has 3 aliphatic heterocycles. The molecule has 0 spiro atoms. The number of imide groups is 1. The van der Waals surface area contributed by atoms with Crippen LogP contribution >= 0.6 is 0 Å². The summed E-state index contributed by atoms with van der Waals surface area (Å²) in [5.74, 6) is 0.0389. The van der Waals surface area contributed by atoms with E-state index in [1.807, 2.05) is 30.3 Å². The molecule has 0 bridgehead atoms. The number of rotatable bonds is 4. The van der Waals surface area contributed by atoms with Gasteiger partial charge in [0.15, 0.2) is 0 Å². The summed E-state index contributed by atoms with van der Waals surface area (Å²) in [5.41, 5.74) is 1.15. The number of urea groups is 1. The molecule has 0 aliphatic carbocycles. The van der Waals surface area contributed by atoms with Crippen molar-refractivity contribution in [2.45, 2.75) is 44.2 Å². The summed E-state index contributed by atoms with van der Waals surface area (Å²) in [7, 11) is 0. The number of likely N-dealkylation sites (tertiary alicyclic amines) is 1. The van der Waals surface area contributed by atoms with Gasteiger partial charge in [0.25, 0.3) is 5.91 Å². The number of amides is 4. The molecule has 0 N–H and O–H groups in total. The molecule has 3 saturated heterocycles. The van der Waals surface area contributed by atoms with Gasteiger partial charge in [-0.15, -0.1) is 0 Å². The highest BCUT2D eigenvalue weighted by Gasteiger charge is 2.51. The second-order valence-corrected chi connectivity index (χ2v) is 7.11. The van der Waals surface area contributed by atoms with E-state index in [0.717, 1.165) is 24.8 Å². The monoisotopic (exact) mass is 341 g/mol. The molecular formula is C19H23N3O3. The van der Waals surface area contributed by atoms with Gasteiger partial charge in [0.2, 0.25) is 5.91 Å². The number of hydrogen-bond donors (Lipinski definition) is 0. The van der Waals surface area contributed by atoms with E-state index in [1.54, 1.807) is 9.80 Å². The van der Waals surface area contributed by atoms with E-state index in [4.69, 9.17) is 0 Å². The van der Waals surface area contributed by atoms with Crippen LogP contribution in [-0.4, -0.2) is 64.3 Å². The third-order valence-electron chi connectivity index (χ3n) is 5.58. The van der Waals surface area contributed by atoms with E-state index < -0.39 is 0 Å². The van der Waals surface area contributed by atoms with Crippen molar-refractivity contribution in [1.82, 2.24) is 14.7 Å². The normalized spacial score (nSPS) is 25.8. The van der Waals surface area contributed by atoms with Crippen molar-refractivity contribution in [2.24, 2.45) is 0 Å². The highest BCUT2D eigenvalue weighted by molar-refractivity contribution is 6.05. The maximum absolute atomic E-state index is 12.5. The molecular weight excluding hydrogens is 318 g/mol. The summed E-state index contributed by atoms with van der Waals surface area (Å²) < 4.78 is 0. The van der Waals surface area contributed by atoms with Crippen LogP contribution in [0.2, 0.25) is 0 Å². The quantitative estimate of drug-likeness (QED) is 0.783. The van der Waals surface area contributed by atoms with Crippen LogP contribution in [0, 0.1) is 0 Å². The van der Waals surface area contributed by atoms with Crippen molar-refractivity contribution in [2.75, 3.05) is 19.6 Å². The molecule has 3 heterocycles. The van der Waals surface area contributed by atoms with Crippen LogP contribution in [0.25, 0.3) is 0 Å². The summed E-state index contributed by atoms with van der Waals surface area (Å²) in [4.78, 5) is 42.4. The Kier molecular flexibility index (Phi) is 4.19. The molecule has 6 heteroatoms. The van der Waals surface area contributed by atoms with Crippen molar-refractivity contribution in [3.63, 3.8) is 0 Å². The highest BCUT2D eigenvalue weighted by atomic mass is 16.2. The van der Waals surface area contributed by atoms with Crippen LogP contribution in [0.3, 0.4) is 0 Å². The van der Waals surface area contributed by atoms with E-state index in [9.17, 15) is 14.4 Å². The molecule has 0 saturated carbocycles. The number of carbonyl (C=O) groups excluding carboxylic acids is 3. The molecule has 1 aromatic rings. The topological polar surface area (TPSA) is 60.9 Å². The molecule has 3 aliphatic rings. The lowest BCUT2D eigenvalue weighted by Gasteiger charge is -2.23. The smallest absolute Gasteiger partial charge is 0.327 e. The molecule has 6 nitrogen and oxygen atoms in total. The second-order valence-electron chi connectivity index (χ2n) is 7.11. The van der Waals surface area contributed by atoms with Gasteiger partial charge in [-0.25, -0.2) is 4.79 Å². The van der Waals surface area contributed by atoms with Gasteiger partial charge in [-0.05, 0) is 31.2 Å². The van der Waals surface area contributed by atoms with Crippen LogP contribution in [-0.2, 0) is 16.0 Å². The first-order valence-electron chi connectivity index (χ1n) is 9.10.